The van der Waals surface area contributed by atoms with E-state index in [0.29, 0.717) is 5.56 Å². The Morgan fingerprint density at radius 3 is 2.85 bits per heavy atom. The zero-order valence-electron chi connectivity index (χ0n) is 14.3. The quantitative estimate of drug-likeness (QED) is 0.413. The summed E-state index contributed by atoms with van der Waals surface area (Å²) in [4.78, 5) is 24.7. The fraction of sp³-hybridized carbons (Fsp3) is 0.150. The molecule has 1 N–H and O–H groups in total. The molecule has 0 radical (unpaired) electrons. The third kappa shape index (κ3) is 3.28. The number of hydrogen-bond acceptors (Lipinski definition) is 4. The first kappa shape index (κ1) is 16.6. The minimum Gasteiger partial charge on any atom is -0.345 e. The molecule has 0 fully saturated rings. The van der Waals surface area contributed by atoms with Crippen LogP contribution < -0.4 is 0 Å². The highest BCUT2D eigenvalue weighted by atomic mass is 32.2. The molecule has 0 aliphatic heterocycles. The molecule has 0 aliphatic carbocycles. The second kappa shape index (κ2) is 7.17. The van der Waals surface area contributed by atoms with Crippen LogP contribution in [-0.2, 0) is 6.54 Å². The maximum absolute atomic E-state index is 12.9. The van der Waals surface area contributed by atoms with E-state index in [1.54, 1.807) is 18.6 Å². The van der Waals surface area contributed by atoms with E-state index in [4.69, 9.17) is 0 Å². The van der Waals surface area contributed by atoms with Gasteiger partial charge in [0.25, 0.3) is 0 Å². The molecule has 3 aromatic heterocycles. The lowest BCUT2D eigenvalue weighted by atomic mass is 10.1. The van der Waals surface area contributed by atoms with Gasteiger partial charge in [-0.15, -0.1) is 0 Å². The van der Waals surface area contributed by atoms with Crippen molar-refractivity contribution in [2.75, 3.05) is 0 Å². The van der Waals surface area contributed by atoms with Gasteiger partial charge in [-0.1, -0.05) is 42.1 Å². The van der Waals surface area contributed by atoms with Gasteiger partial charge in [-0.05, 0) is 24.6 Å². The number of ketones is 1. The number of aromatic nitrogens is 4. The Balaban J connectivity index is 1.53. The Kier molecular flexibility index (Phi) is 4.58. The smallest absolute Gasteiger partial charge is 0.178 e. The number of carbonyl (C=O) groups excluding carboxylic acids is 1. The van der Waals surface area contributed by atoms with Crippen molar-refractivity contribution in [1.29, 1.82) is 0 Å². The average Bonchev–Trinajstić information content (AvgIpc) is 3.29. The molecule has 0 amide bonds. The minimum atomic E-state index is -0.244. The molecule has 0 saturated heterocycles. The summed E-state index contributed by atoms with van der Waals surface area (Å²) in [5.41, 5.74) is 2.61. The molecular weight excluding hydrogens is 344 g/mol. The van der Waals surface area contributed by atoms with Crippen molar-refractivity contribution in [1.82, 2.24) is 19.5 Å². The van der Waals surface area contributed by atoms with Crippen molar-refractivity contribution in [3.05, 3.63) is 78.4 Å². The van der Waals surface area contributed by atoms with E-state index in [9.17, 15) is 4.79 Å². The largest absolute Gasteiger partial charge is 0.345 e. The maximum atomic E-state index is 12.9. The Bertz CT molecular complexity index is 1040. The molecule has 0 bridgehead atoms. The van der Waals surface area contributed by atoms with Gasteiger partial charge >= 0.3 is 0 Å². The van der Waals surface area contributed by atoms with Gasteiger partial charge in [0.15, 0.2) is 10.9 Å². The highest BCUT2D eigenvalue weighted by molar-refractivity contribution is 8.00. The fourth-order valence-corrected chi connectivity index (χ4v) is 3.84. The first-order valence-electron chi connectivity index (χ1n) is 8.40. The van der Waals surface area contributed by atoms with Crippen LogP contribution in [0.5, 0.6) is 0 Å². The molecule has 4 rings (SSSR count). The first-order chi connectivity index (χ1) is 12.7. The van der Waals surface area contributed by atoms with Gasteiger partial charge in [0.05, 0.1) is 5.25 Å². The van der Waals surface area contributed by atoms with Crippen molar-refractivity contribution in [3.63, 3.8) is 0 Å². The molecule has 26 heavy (non-hydrogen) atoms. The second-order valence-corrected chi connectivity index (χ2v) is 7.36. The van der Waals surface area contributed by atoms with E-state index >= 15 is 0 Å². The molecule has 3 heterocycles. The van der Waals surface area contributed by atoms with Crippen LogP contribution in [0.2, 0.25) is 0 Å². The molecule has 1 atom stereocenters. The molecule has 1 aromatic carbocycles. The minimum absolute atomic E-state index is 0.0727. The molecule has 0 saturated carbocycles. The predicted molar refractivity (Wildman–Crippen MR) is 104 cm³/mol. The monoisotopic (exact) mass is 362 g/mol. The van der Waals surface area contributed by atoms with Crippen molar-refractivity contribution >= 4 is 28.6 Å². The molecule has 5 nitrogen and oxygen atoms in total. The predicted octanol–water partition coefficient (Wildman–Crippen LogP) is 4.17. The topological polar surface area (TPSA) is 63.6 Å². The number of hydrogen-bond donors (Lipinski definition) is 1. The van der Waals surface area contributed by atoms with Gasteiger partial charge in [0.2, 0.25) is 0 Å². The normalized spacial score (nSPS) is 12.3. The number of Topliss-reactive ketones (excluding diaryl/α,β-unsaturated/α-hetero) is 1. The Hall–Kier alpha value is -2.86. The molecule has 0 spiro atoms. The standard InChI is InChI=1S/C20H18N4OS/c1-14(18(25)17-12-23-19-16(17)8-5-9-21-19)26-20-22-10-11-24(20)13-15-6-3-2-4-7-15/h2-12,14H,13H2,1H3,(H,21,23). The zero-order chi connectivity index (χ0) is 17.9. The number of benzene rings is 1. The summed E-state index contributed by atoms with van der Waals surface area (Å²) in [5, 5.41) is 1.45. The van der Waals surface area contributed by atoms with Crippen LogP contribution in [0, 0.1) is 0 Å². The summed E-state index contributed by atoms with van der Waals surface area (Å²) < 4.78 is 2.07. The molecular formula is C20H18N4OS. The molecule has 4 aromatic rings. The number of fused-ring (bicyclic) bond motifs is 1. The summed E-state index contributed by atoms with van der Waals surface area (Å²) >= 11 is 1.48. The van der Waals surface area contributed by atoms with Crippen molar-refractivity contribution in [2.24, 2.45) is 0 Å². The Morgan fingerprint density at radius 2 is 2.00 bits per heavy atom. The number of rotatable bonds is 6. The van der Waals surface area contributed by atoms with E-state index in [1.807, 2.05) is 43.5 Å². The van der Waals surface area contributed by atoms with Gasteiger partial charge in [0.1, 0.15) is 5.65 Å². The van der Waals surface area contributed by atoms with Crippen LogP contribution in [-0.4, -0.2) is 30.6 Å². The highest BCUT2D eigenvalue weighted by Crippen LogP contribution is 2.27. The third-order valence-electron chi connectivity index (χ3n) is 4.24. The summed E-state index contributed by atoms with van der Waals surface area (Å²) in [5.74, 6) is 0.0727. The highest BCUT2D eigenvalue weighted by Gasteiger charge is 2.21. The number of nitrogens with zero attached hydrogens (tertiary/aromatic N) is 3. The number of thioether (sulfide) groups is 1. The Morgan fingerprint density at radius 1 is 1.15 bits per heavy atom. The number of aromatic amines is 1. The maximum Gasteiger partial charge on any atom is 0.178 e. The van der Waals surface area contributed by atoms with Crippen LogP contribution in [0.4, 0.5) is 0 Å². The second-order valence-electron chi connectivity index (χ2n) is 6.05. The van der Waals surface area contributed by atoms with E-state index in [2.05, 4.69) is 31.7 Å². The number of carbonyl (C=O) groups is 1. The molecule has 0 aliphatic rings. The van der Waals surface area contributed by atoms with Crippen LogP contribution in [0.1, 0.15) is 22.8 Å². The molecule has 130 valence electrons. The third-order valence-corrected chi connectivity index (χ3v) is 5.36. The first-order valence-corrected chi connectivity index (χ1v) is 9.28. The van der Waals surface area contributed by atoms with E-state index in [-0.39, 0.29) is 11.0 Å². The Labute approximate surface area is 155 Å². The lowest BCUT2D eigenvalue weighted by Crippen LogP contribution is -2.14. The van der Waals surface area contributed by atoms with Crippen molar-refractivity contribution in [2.45, 2.75) is 23.9 Å². The number of H-pyrrole nitrogens is 1. The van der Waals surface area contributed by atoms with Gasteiger partial charge < -0.3 is 9.55 Å². The summed E-state index contributed by atoms with van der Waals surface area (Å²) in [6.45, 7) is 2.66. The van der Waals surface area contributed by atoms with Crippen molar-refractivity contribution in [3.8, 4) is 0 Å². The van der Waals surface area contributed by atoms with Crippen molar-refractivity contribution < 1.29 is 4.79 Å². The van der Waals surface area contributed by atoms with E-state index in [0.717, 1.165) is 22.7 Å². The zero-order valence-corrected chi connectivity index (χ0v) is 15.1. The number of nitrogens with one attached hydrogen (secondary N) is 1. The van der Waals surface area contributed by atoms with Crippen LogP contribution in [0.3, 0.4) is 0 Å². The van der Waals surface area contributed by atoms with Gasteiger partial charge in [-0.25, -0.2) is 9.97 Å². The van der Waals surface area contributed by atoms with Gasteiger partial charge in [0, 0.05) is 42.3 Å². The van der Waals surface area contributed by atoms with E-state index < -0.39 is 0 Å². The molecule has 1 unspecified atom stereocenters. The van der Waals surface area contributed by atoms with E-state index in [1.165, 1.54) is 17.3 Å². The van der Waals surface area contributed by atoms with Gasteiger partial charge in [-0.3, -0.25) is 4.79 Å². The van der Waals surface area contributed by atoms with Crippen LogP contribution in [0.15, 0.2) is 72.4 Å². The van der Waals surface area contributed by atoms with Gasteiger partial charge in [-0.2, -0.15) is 0 Å². The lowest BCUT2D eigenvalue weighted by Gasteiger charge is -2.12. The van der Waals surface area contributed by atoms with Crippen LogP contribution >= 0.6 is 11.8 Å². The fourth-order valence-electron chi connectivity index (χ4n) is 2.90. The lowest BCUT2D eigenvalue weighted by molar-refractivity contribution is 0.0995. The van der Waals surface area contributed by atoms with Crippen LogP contribution in [0.25, 0.3) is 11.0 Å². The SMILES string of the molecule is CC(Sc1nccn1Cc1ccccc1)C(=O)c1c[nH]c2ncccc12. The summed E-state index contributed by atoms with van der Waals surface area (Å²) in [7, 11) is 0. The number of pyridine rings is 1. The molecule has 6 heteroatoms. The average molecular weight is 362 g/mol. The summed E-state index contributed by atoms with van der Waals surface area (Å²) in [6, 6.07) is 14.0. The number of imidazole rings is 1. The summed E-state index contributed by atoms with van der Waals surface area (Å²) in [6.07, 6.45) is 7.18.